The summed E-state index contributed by atoms with van der Waals surface area (Å²) in [5.74, 6) is -0.562. The zero-order chi connectivity index (χ0) is 14.2. The van der Waals surface area contributed by atoms with Gasteiger partial charge in [-0.25, -0.2) is 8.42 Å². The van der Waals surface area contributed by atoms with E-state index in [1.165, 1.54) is 12.1 Å². The number of nitro groups is 1. The van der Waals surface area contributed by atoms with Gasteiger partial charge in [0.05, 0.1) is 10.1 Å². The minimum Gasteiger partial charge on any atom is -0.264 e. The maximum absolute atomic E-state index is 12.5. The monoisotopic (exact) mass is 281 g/mol. The average Bonchev–Trinajstić information content (AvgIpc) is 2.66. The minimum atomic E-state index is -3.61. The number of sulfone groups is 1. The number of nitrogens with zero attached hydrogens (tertiary/aromatic N) is 1. The molecule has 0 amide bonds. The molecule has 5 nitrogen and oxygen atoms in total. The molecule has 0 bridgehead atoms. The molecule has 102 valence electrons. The Morgan fingerprint density at radius 3 is 2.37 bits per heavy atom. The Labute approximate surface area is 112 Å². The number of benzene rings is 1. The number of rotatable bonds is 3. The maximum atomic E-state index is 12.5. The van der Waals surface area contributed by atoms with Crippen molar-refractivity contribution in [2.75, 3.05) is 0 Å². The van der Waals surface area contributed by atoms with Crippen molar-refractivity contribution in [1.29, 1.82) is 0 Å². The summed E-state index contributed by atoms with van der Waals surface area (Å²) in [6.07, 6.45) is 0.130. The van der Waals surface area contributed by atoms with E-state index in [0.29, 0.717) is 5.57 Å². The SMILES string of the molecule is C=C1C[C@@H]([N+](=O)[O-])[C@H](C)[C@@H]1S(=O)(=O)c1ccccc1. The second kappa shape index (κ2) is 4.77. The van der Waals surface area contributed by atoms with Gasteiger partial charge in [-0.3, -0.25) is 10.1 Å². The third-order valence-electron chi connectivity index (χ3n) is 3.63. The largest absolute Gasteiger partial charge is 0.264 e. The lowest BCUT2D eigenvalue weighted by molar-refractivity contribution is -0.527. The topological polar surface area (TPSA) is 77.3 Å². The maximum Gasteiger partial charge on any atom is 0.220 e. The third kappa shape index (κ3) is 2.28. The molecule has 0 spiro atoms. The third-order valence-corrected chi connectivity index (χ3v) is 6.00. The lowest BCUT2D eigenvalue weighted by atomic mass is 10.1. The van der Waals surface area contributed by atoms with Crippen LogP contribution in [0.4, 0.5) is 0 Å². The molecule has 1 fully saturated rings. The van der Waals surface area contributed by atoms with Gasteiger partial charge in [-0.05, 0) is 12.1 Å². The molecular formula is C13H15NO4S. The van der Waals surface area contributed by atoms with Gasteiger partial charge in [0.25, 0.3) is 0 Å². The molecule has 1 aliphatic rings. The van der Waals surface area contributed by atoms with Crippen molar-refractivity contribution in [3.05, 3.63) is 52.6 Å². The molecule has 1 aromatic rings. The normalized spacial score (nSPS) is 27.4. The standard InChI is InChI=1S/C13H15NO4S/c1-9-8-12(14(15)16)10(2)13(9)19(17,18)11-6-4-3-5-7-11/h3-7,10,12-13H,1,8H2,2H3/t10-,12+,13+/m0/s1. The summed E-state index contributed by atoms with van der Waals surface area (Å²) in [6.45, 7) is 5.33. The Morgan fingerprint density at radius 2 is 1.89 bits per heavy atom. The zero-order valence-electron chi connectivity index (χ0n) is 10.5. The van der Waals surface area contributed by atoms with Gasteiger partial charge in [-0.1, -0.05) is 37.3 Å². The van der Waals surface area contributed by atoms with Crippen LogP contribution in [-0.2, 0) is 9.84 Å². The lowest BCUT2D eigenvalue weighted by Crippen LogP contribution is -2.32. The van der Waals surface area contributed by atoms with Crippen LogP contribution in [0, 0.1) is 16.0 Å². The van der Waals surface area contributed by atoms with E-state index in [1.807, 2.05) is 0 Å². The fraction of sp³-hybridized carbons (Fsp3) is 0.385. The van der Waals surface area contributed by atoms with Crippen molar-refractivity contribution in [2.24, 2.45) is 5.92 Å². The summed E-state index contributed by atoms with van der Waals surface area (Å²) in [5, 5.41) is 10.1. The van der Waals surface area contributed by atoms with E-state index in [1.54, 1.807) is 25.1 Å². The molecule has 0 radical (unpaired) electrons. The van der Waals surface area contributed by atoms with E-state index in [-0.39, 0.29) is 11.3 Å². The lowest BCUT2D eigenvalue weighted by Gasteiger charge is -2.17. The van der Waals surface area contributed by atoms with Crippen molar-refractivity contribution in [3.63, 3.8) is 0 Å². The predicted octanol–water partition coefficient (Wildman–Crippen LogP) is 2.07. The molecule has 0 unspecified atom stereocenters. The van der Waals surface area contributed by atoms with Gasteiger partial charge < -0.3 is 0 Å². The first-order valence-electron chi connectivity index (χ1n) is 5.96. The summed E-state index contributed by atoms with van der Waals surface area (Å²) in [4.78, 5) is 10.7. The highest BCUT2D eigenvalue weighted by molar-refractivity contribution is 7.92. The molecule has 1 aromatic carbocycles. The van der Waals surface area contributed by atoms with Crippen molar-refractivity contribution in [3.8, 4) is 0 Å². The van der Waals surface area contributed by atoms with Crippen LogP contribution in [-0.4, -0.2) is 24.6 Å². The first kappa shape index (κ1) is 13.7. The highest BCUT2D eigenvalue weighted by Crippen LogP contribution is 2.38. The fourth-order valence-corrected chi connectivity index (χ4v) is 4.78. The van der Waals surface area contributed by atoms with Crippen molar-refractivity contribution in [1.82, 2.24) is 0 Å². The molecule has 0 heterocycles. The van der Waals surface area contributed by atoms with Crippen LogP contribution in [0.15, 0.2) is 47.4 Å². The molecule has 2 rings (SSSR count). The predicted molar refractivity (Wildman–Crippen MR) is 71.1 cm³/mol. The molecule has 1 saturated carbocycles. The Morgan fingerprint density at radius 1 is 1.32 bits per heavy atom. The van der Waals surface area contributed by atoms with E-state index in [4.69, 9.17) is 0 Å². The first-order chi connectivity index (χ1) is 8.85. The second-order valence-corrected chi connectivity index (χ2v) is 6.92. The quantitative estimate of drug-likeness (QED) is 0.483. The summed E-state index contributed by atoms with van der Waals surface area (Å²) >= 11 is 0. The van der Waals surface area contributed by atoms with Gasteiger partial charge in [0, 0.05) is 17.3 Å². The van der Waals surface area contributed by atoms with Gasteiger partial charge in [0.1, 0.15) is 0 Å². The summed E-state index contributed by atoms with van der Waals surface area (Å²) < 4.78 is 25.1. The number of hydrogen-bond donors (Lipinski definition) is 0. The molecule has 0 aromatic heterocycles. The summed E-state index contributed by atoms with van der Waals surface area (Å²) in [5.41, 5.74) is 0.429. The van der Waals surface area contributed by atoms with Crippen molar-refractivity contribution >= 4 is 9.84 Å². The molecule has 0 aliphatic heterocycles. The Balaban J connectivity index is 2.42. The van der Waals surface area contributed by atoms with Gasteiger partial charge in [-0.15, -0.1) is 0 Å². The smallest absolute Gasteiger partial charge is 0.220 e. The molecule has 0 saturated heterocycles. The molecule has 3 atom stereocenters. The molecular weight excluding hydrogens is 266 g/mol. The molecule has 6 heteroatoms. The van der Waals surface area contributed by atoms with Crippen LogP contribution in [0.3, 0.4) is 0 Å². The van der Waals surface area contributed by atoms with Crippen LogP contribution >= 0.6 is 0 Å². The summed E-state index contributed by atoms with van der Waals surface area (Å²) in [7, 11) is -3.61. The Bertz CT molecular complexity index is 609. The van der Waals surface area contributed by atoms with E-state index >= 15 is 0 Å². The van der Waals surface area contributed by atoms with Crippen LogP contribution in [0.25, 0.3) is 0 Å². The highest BCUT2D eigenvalue weighted by Gasteiger charge is 2.49. The van der Waals surface area contributed by atoms with Crippen LogP contribution in [0.2, 0.25) is 0 Å². The Kier molecular flexibility index (Phi) is 3.45. The van der Waals surface area contributed by atoms with Gasteiger partial charge in [0.2, 0.25) is 6.04 Å². The minimum absolute atomic E-state index is 0.130. The average molecular weight is 281 g/mol. The molecule has 19 heavy (non-hydrogen) atoms. The van der Waals surface area contributed by atoms with Crippen molar-refractivity contribution < 1.29 is 13.3 Å². The van der Waals surface area contributed by atoms with Gasteiger partial charge in [-0.2, -0.15) is 0 Å². The molecule has 1 aliphatic carbocycles. The van der Waals surface area contributed by atoms with E-state index < -0.39 is 32.0 Å². The van der Waals surface area contributed by atoms with Gasteiger partial charge >= 0.3 is 0 Å². The summed E-state index contributed by atoms with van der Waals surface area (Å²) in [6, 6.07) is 7.16. The molecule has 0 N–H and O–H groups in total. The van der Waals surface area contributed by atoms with Crippen LogP contribution in [0.5, 0.6) is 0 Å². The first-order valence-corrected chi connectivity index (χ1v) is 7.50. The van der Waals surface area contributed by atoms with Gasteiger partial charge in [0.15, 0.2) is 9.84 Å². The van der Waals surface area contributed by atoms with E-state index in [0.717, 1.165) is 0 Å². The number of hydrogen-bond acceptors (Lipinski definition) is 4. The van der Waals surface area contributed by atoms with Crippen LogP contribution in [0.1, 0.15) is 13.3 Å². The van der Waals surface area contributed by atoms with Crippen molar-refractivity contribution in [2.45, 2.75) is 29.5 Å². The van der Waals surface area contributed by atoms with Crippen LogP contribution < -0.4 is 0 Å². The highest BCUT2D eigenvalue weighted by atomic mass is 32.2. The zero-order valence-corrected chi connectivity index (χ0v) is 11.3. The van der Waals surface area contributed by atoms with E-state index in [9.17, 15) is 18.5 Å². The second-order valence-electron chi connectivity index (χ2n) is 4.85. The van der Waals surface area contributed by atoms with E-state index in [2.05, 4.69) is 6.58 Å². The fourth-order valence-electron chi connectivity index (χ4n) is 2.67. The Hall–Kier alpha value is -1.69.